The van der Waals surface area contributed by atoms with Crippen molar-refractivity contribution in [2.24, 2.45) is 0 Å². The second kappa shape index (κ2) is 8.44. The summed E-state index contributed by atoms with van der Waals surface area (Å²) in [6.07, 6.45) is 1.30. The molecular weight excluding hydrogens is 353 g/mol. The Hall–Kier alpha value is -3.22. The second-order valence-electron chi connectivity index (χ2n) is 6.03. The summed E-state index contributed by atoms with van der Waals surface area (Å²) in [5.74, 6) is -1.14. The molecule has 0 unspecified atom stereocenters. The highest BCUT2D eigenvalue weighted by atomic mass is 19.1. The van der Waals surface area contributed by atoms with Gasteiger partial charge in [-0.05, 0) is 42.8 Å². The third-order valence-corrected chi connectivity index (χ3v) is 4.09. The van der Waals surface area contributed by atoms with E-state index in [9.17, 15) is 18.8 Å². The van der Waals surface area contributed by atoms with E-state index in [0.29, 0.717) is 30.0 Å². The van der Waals surface area contributed by atoms with Gasteiger partial charge in [0, 0.05) is 24.2 Å². The Kier molecular flexibility index (Phi) is 5.80. The number of anilines is 1. The van der Waals surface area contributed by atoms with Gasteiger partial charge in [0.05, 0.1) is 0 Å². The smallest absolute Gasteiger partial charge is 0.344 e. The summed E-state index contributed by atoms with van der Waals surface area (Å²) in [5, 5.41) is 0. The standard InChI is InChI=1S/C20H18FNO5/c21-15-6-8-17(9-7-15)26-13-20(25)27-12-18(23)14-3-1-4-16(11-14)22-10-2-5-19(22)24/h1,3-4,6-9,11H,2,5,10,12-13H2. The SMILES string of the molecule is O=C(COc1ccc(F)cc1)OCC(=O)c1cccc(N2CCCC2=O)c1. The van der Waals surface area contributed by atoms with E-state index < -0.39 is 18.4 Å². The van der Waals surface area contributed by atoms with Crippen LogP contribution in [0.1, 0.15) is 23.2 Å². The minimum Gasteiger partial charge on any atom is -0.482 e. The number of hydrogen-bond donors (Lipinski definition) is 0. The molecule has 0 aromatic heterocycles. The lowest BCUT2D eigenvalue weighted by molar-refractivity contribution is -0.144. The summed E-state index contributed by atoms with van der Waals surface area (Å²) in [5.41, 5.74) is 1.02. The van der Waals surface area contributed by atoms with Gasteiger partial charge in [-0.25, -0.2) is 9.18 Å². The Morgan fingerprint density at radius 2 is 1.85 bits per heavy atom. The van der Waals surface area contributed by atoms with E-state index in [0.717, 1.165) is 6.42 Å². The molecule has 0 aliphatic carbocycles. The number of carbonyl (C=O) groups is 3. The predicted octanol–water partition coefficient (Wildman–Crippen LogP) is 2.76. The van der Waals surface area contributed by atoms with Crippen molar-refractivity contribution < 1.29 is 28.2 Å². The van der Waals surface area contributed by atoms with Crippen molar-refractivity contribution in [1.29, 1.82) is 0 Å². The quantitative estimate of drug-likeness (QED) is 0.553. The highest BCUT2D eigenvalue weighted by Gasteiger charge is 2.22. The second-order valence-corrected chi connectivity index (χ2v) is 6.03. The first-order chi connectivity index (χ1) is 13.0. The number of Topliss-reactive ketones (excluding diaryl/α,β-unsaturated/α-hetero) is 1. The number of ketones is 1. The molecule has 0 spiro atoms. The van der Waals surface area contributed by atoms with Crippen LogP contribution in [0.15, 0.2) is 48.5 Å². The van der Waals surface area contributed by atoms with Gasteiger partial charge >= 0.3 is 5.97 Å². The van der Waals surface area contributed by atoms with Crippen LogP contribution < -0.4 is 9.64 Å². The Labute approximate surface area is 155 Å². The van der Waals surface area contributed by atoms with Gasteiger partial charge in [0.15, 0.2) is 19.0 Å². The Bertz CT molecular complexity index is 850. The van der Waals surface area contributed by atoms with Crippen molar-refractivity contribution in [3.63, 3.8) is 0 Å². The fourth-order valence-electron chi connectivity index (χ4n) is 2.71. The van der Waals surface area contributed by atoms with E-state index in [2.05, 4.69) is 0 Å². The van der Waals surface area contributed by atoms with Gasteiger partial charge in [-0.2, -0.15) is 0 Å². The molecule has 0 atom stereocenters. The summed E-state index contributed by atoms with van der Waals surface area (Å²) in [6, 6.07) is 11.9. The van der Waals surface area contributed by atoms with Gasteiger partial charge in [0.2, 0.25) is 5.91 Å². The fraction of sp³-hybridized carbons (Fsp3) is 0.250. The number of esters is 1. The van der Waals surface area contributed by atoms with Gasteiger partial charge in [0.25, 0.3) is 0 Å². The third kappa shape index (κ3) is 4.91. The molecule has 0 radical (unpaired) electrons. The van der Waals surface area contributed by atoms with Crippen molar-refractivity contribution in [2.75, 3.05) is 24.7 Å². The Morgan fingerprint density at radius 3 is 2.56 bits per heavy atom. The van der Waals surface area contributed by atoms with E-state index in [1.807, 2.05) is 0 Å². The van der Waals surface area contributed by atoms with E-state index in [-0.39, 0.29) is 18.3 Å². The van der Waals surface area contributed by atoms with Crippen LogP contribution in [0.4, 0.5) is 10.1 Å². The Morgan fingerprint density at radius 1 is 1.07 bits per heavy atom. The number of ether oxygens (including phenoxy) is 2. The van der Waals surface area contributed by atoms with Crippen LogP contribution in [0, 0.1) is 5.82 Å². The first-order valence-corrected chi connectivity index (χ1v) is 8.50. The first kappa shape index (κ1) is 18.6. The van der Waals surface area contributed by atoms with Crippen molar-refractivity contribution in [2.45, 2.75) is 12.8 Å². The zero-order valence-electron chi connectivity index (χ0n) is 14.5. The van der Waals surface area contributed by atoms with E-state index in [4.69, 9.17) is 9.47 Å². The zero-order valence-corrected chi connectivity index (χ0v) is 14.5. The van der Waals surface area contributed by atoms with Crippen LogP contribution >= 0.6 is 0 Å². The zero-order chi connectivity index (χ0) is 19.2. The van der Waals surface area contributed by atoms with E-state index in [1.54, 1.807) is 29.2 Å². The molecule has 7 heteroatoms. The molecule has 0 N–H and O–H groups in total. The average molecular weight is 371 g/mol. The van der Waals surface area contributed by atoms with Crippen LogP contribution in [0.5, 0.6) is 5.75 Å². The summed E-state index contributed by atoms with van der Waals surface area (Å²) in [4.78, 5) is 37.4. The van der Waals surface area contributed by atoms with Crippen LogP contribution in [0.25, 0.3) is 0 Å². The predicted molar refractivity (Wildman–Crippen MR) is 95.2 cm³/mol. The lowest BCUT2D eigenvalue weighted by atomic mass is 10.1. The largest absolute Gasteiger partial charge is 0.482 e. The normalized spacial score (nSPS) is 13.5. The number of rotatable bonds is 7. The molecule has 1 aliphatic rings. The molecule has 1 fully saturated rings. The molecule has 0 saturated carbocycles. The summed E-state index contributed by atoms with van der Waals surface area (Å²) >= 11 is 0. The molecule has 1 aliphatic heterocycles. The van der Waals surface area contributed by atoms with Gasteiger partial charge in [-0.3, -0.25) is 9.59 Å². The molecule has 2 aromatic carbocycles. The lowest BCUT2D eigenvalue weighted by Gasteiger charge is -2.16. The number of carbonyl (C=O) groups excluding carboxylic acids is 3. The van der Waals surface area contributed by atoms with Crippen LogP contribution in [0.3, 0.4) is 0 Å². The first-order valence-electron chi connectivity index (χ1n) is 8.50. The molecule has 1 heterocycles. The van der Waals surface area contributed by atoms with Crippen LogP contribution in [0.2, 0.25) is 0 Å². The van der Waals surface area contributed by atoms with Crippen molar-refractivity contribution >= 4 is 23.3 Å². The summed E-state index contributed by atoms with van der Waals surface area (Å²) in [7, 11) is 0. The number of amides is 1. The number of halogens is 1. The molecule has 2 aromatic rings. The number of hydrogen-bond acceptors (Lipinski definition) is 5. The third-order valence-electron chi connectivity index (χ3n) is 4.09. The molecular formula is C20H18FNO5. The highest BCUT2D eigenvalue weighted by Crippen LogP contribution is 2.22. The fourth-order valence-corrected chi connectivity index (χ4v) is 2.71. The highest BCUT2D eigenvalue weighted by molar-refractivity contribution is 6.01. The van der Waals surface area contributed by atoms with Gasteiger partial charge in [-0.1, -0.05) is 12.1 Å². The van der Waals surface area contributed by atoms with Crippen LogP contribution in [-0.4, -0.2) is 37.4 Å². The van der Waals surface area contributed by atoms with E-state index >= 15 is 0 Å². The molecule has 27 heavy (non-hydrogen) atoms. The van der Waals surface area contributed by atoms with Crippen molar-refractivity contribution in [1.82, 2.24) is 0 Å². The molecule has 1 saturated heterocycles. The molecule has 140 valence electrons. The maximum Gasteiger partial charge on any atom is 0.344 e. The van der Waals surface area contributed by atoms with Gasteiger partial charge < -0.3 is 14.4 Å². The topological polar surface area (TPSA) is 72.9 Å². The maximum atomic E-state index is 12.8. The minimum atomic E-state index is -0.710. The molecule has 0 bridgehead atoms. The van der Waals surface area contributed by atoms with Gasteiger partial charge in [-0.15, -0.1) is 0 Å². The van der Waals surface area contributed by atoms with Crippen molar-refractivity contribution in [3.05, 3.63) is 59.9 Å². The Balaban J connectivity index is 1.50. The molecule has 6 nitrogen and oxygen atoms in total. The number of nitrogens with zero attached hydrogens (tertiary/aromatic N) is 1. The van der Waals surface area contributed by atoms with Gasteiger partial charge in [0.1, 0.15) is 11.6 Å². The summed E-state index contributed by atoms with van der Waals surface area (Å²) in [6.45, 7) is -0.184. The maximum absolute atomic E-state index is 12.8. The van der Waals surface area contributed by atoms with E-state index in [1.165, 1.54) is 24.3 Å². The average Bonchev–Trinajstić information content (AvgIpc) is 3.11. The minimum absolute atomic E-state index is 0.0315. The van der Waals surface area contributed by atoms with Crippen LogP contribution in [-0.2, 0) is 14.3 Å². The lowest BCUT2D eigenvalue weighted by Crippen LogP contribution is -2.24. The molecule has 1 amide bonds. The summed E-state index contributed by atoms with van der Waals surface area (Å²) < 4.78 is 22.9. The molecule has 3 rings (SSSR count). The van der Waals surface area contributed by atoms with Crippen molar-refractivity contribution in [3.8, 4) is 5.75 Å². The monoisotopic (exact) mass is 371 g/mol. The number of benzene rings is 2.